The Kier molecular flexibility index (Phi) is 7.67. The molecule has 4 heteroatoms. The Hall–Kier alpha value is -2.56. The first-order chi connectivity index (χ1) is 16.8. The van der Waals surface area contributed by atoms with Gasteiger partial charge in [-0.15, -0.1) is 0 Å². The fraction of sp³-hybridized carbons (Fsp3) is 0.467. The Morgan fingerprint density at radius 1 is 0.765 bits per heavy atom. The fourth-order valence-corrected chi connectivity index (χ4v) is 4.44. The maximum atomic E-state index is 6.11. The highest BCUT2D eigenvalue weighted by atomic mass is 16.6. The molecule has 2 saturated heterocycles. The average molecular weight is 461 g/mol. The molecule has 0 N–H and O–H groups in total. The minimum absolute atomic E-state index is 0.282. The van der Waals surface area contributed by atoms with Gasteiger partial charge in [-0.05, 0) is 77.8 Å². The van der Waals surface area contributed by atoms with E-state index in [0.717, 1.165) is 44.0 Å². The van der Waals surface area contributed by atoms with Crippen LogP contribution in [0, 0.1) is 0 Å². The molecular formula is C30H36O4. The van der Waals surface area contributed by atoms with Crippen LogP contribution in [0.25, 0.3) is 11.1 Å². The van der Waals surface area contributed by atoms with Gasteiger partial charge in [0.15, 0.2) is 0 Å². The van der Waals surface area contributed by atoms with Crippen molar-refractivity contribution in [3.8, 4) is 11.5 Å². The molecule has 2 aromatic carbocycles. The molecular weight excluding hydrogens is 424 g/mol. The molecule has 180 valence electrons. The lowest BCUT2D eigenvalue weighted by molar-refractivity contribution is 0.261. The van der Waals surface area contributed by atoms with Crippen molar-refractivity contribution in [2.75, 3.05) is 26.4 Å². The highest BCUT2D eigenvalue weighted by Crippen LogP contribution is 2.34. The van der Waals surface area contributed by atoms with Crippen molar-refractivity contribution in [1.29, 1.82) is 0 Å². The zero-order valence-corrected chi connectivity index (χ0v) is 20.3. The van der Waals surface area contributed by atoms with Crippen LogP contribution in [-0.2, 0) is 15.9 Å². The van der Waals surface area contributed by atoms with Gasteiger partial charge in [-0.2, -0.15) is 0 Å². The van der Waals surface area contributed by atoms with Crippen molar-refractivity contribution < 1.29 is 18.9 Å². The molecule has 2 unspecified atom stereocenters. The Balaban J connectivity index is 1.25. The largest absolute Gasteiger partial charge is 0.491 e. The van der Waals surface area contributed by atoms with Crippen LogP contribution in [-0.4, -0.2) is 38.6 Å². The number of rotatable bonds is 13. The second-order valence-electron chi connectivity index (χ2n) is 9.57. The van der Waals surface area contributed by atoms with Gasteiger partial charge in [0.05, 0.1) is 13.2 Å². The molecule has 2 atom stereocenters. The summed E-state index contributed by atoms with van der Waals surface area (Å²) in [6.45, 7) is 5.22. The zero-order chi connectivity index (χ0) is 23.2. The van der Waals surface area contributed by atoms with Gasteiger partial charge in [0.2, 0.25) is 0 Å². The molecule has 2 aliphatic heterocycles. The summed E-state index contributed by atoms with van der Waals surface area (Å²) in [7, 11) is 0. The molecule has 0 amide bonds. The number of unbranched alkanes of at least 4 members (excludes halogenated alkanes) is 3. The Morgan fingerprint density at radius 3 is 2.06 bits per heavy atom. The van der Waals surface area contributed by atoms with Crippen LogP contribution in [0.15, 0.2) is 54.6 Å². The van der Waals surface area contributed by atoms with Crippen LogP contribution in [0.2, 0.25) is 0 Å². The van der Waals surface area contributed by atoms with Crippen molar-refractivity contribution in [3.63, 3.8) is 0 Å². The van der Waals surface area contributed by atoms with Gasteiger partial charge in [-0.3, -0.25) is 0 Å². The minimum atomic E-state index is 0.282. The SMILES string of the molecule is CCCCCCc1cc(C2=CC=C(c3ccc(OCC4CO4)cc3)CC2)ccc1OCC1CO1. The fourth-order valence-electron chi connectivity index (χ4n) is 4.44. The van der Waals surface area contributed by atoms with E-state index in [0.29, 0.717) is 13.2 Å². The summed E-state index contributed by atoms with van der Waals surface area (Å²) in [5.41, 5.74) is 6.71. The van der Waals surface area contributed by atoms with E-state index in [4.69, 9.17) is 18.9 Å². The number of epoxide rings is 2. The van der Waals surface area contributed by atoms with Crippen LogP contribution >= 0.6 is 0 Å². The van der Waals surface area contributed by atoms with E-state index in [1.54, 1.807) is 0 Å². The van der Waals surface area contributed by atoms with Crippen molar-refractivity contribution in [2.45, 2.75) is 64.1 Å². The lowest BCUT2D eigenvalue weighted by atomic mass is 9.89. The monoisotopic (exact) mass is 460 g/mol. The number of benzene rings is 2. The number of hydrogen-bond donors (Lipinski definition) is 0. The third-order valence-corrected chi connectivity index (χ3v) is 6.77. The van der Waals surface area contributed by atoms with Crippen LogP contribution in [0.5, 0.6) is 11.5 Å². The summed E-state index contributed by atoms with van der Waals surface area (Å²) in [6, 6.07) is 15.2. The van der Waals surface area contributed by atoms with E-state index >= 15 is 0 Å². The summed E-state index contributed by atoms with van der Waals surface area (Å²) < 4.78 is 22.4. The molecule has 1 aliphatic carbocycles. The van der Waals surface area contributed by atoms with E-state index in [9.17, 15) is 0 Å². The van der Waals surface area contributed by atoms with Gasteiger partial charge >= 0.3 is 0 Å². The van der Waals surface area contributed by atoms with Gasteiger partial charge in [-0.25, -0.2) is 0 Å². The first-order valence-electron chi connectivity index (χ1n) is 12.9. The van der Waals surface area contributed by atoms with Crippen molar-refractivity contribution in [2.24, 2.45) is 0 Å². The zero-order valence-electron chi connectivity index (χ0n) is 20.3. The maximum absolute atomic E-state index is 6.11. The molecule has 0 spiro atoms. The molecule has 3 aliphatic rings. The van der Waals surface area contributed by atoms with Gasteiger partial charge in [0.25, 0.3) is 0 Å². The second-order valence-corrected chi connectivity index (χ2v) is 9.57. The quantitative estimate of drug-likeness (QED) is 0.249. The van der Waals surface area contributed by atoms with Crippen LogP contribution in [0.3, 0.4) is 0 Å². The number of hydrogen-bond acceptors (Lipinski definition) is 4. The summed E-state index contributed by atoms with van der Waals surface area (Å²) >= 11 is 0. The standard InChI is InChI=1S/C30H36O4/c1-2-3-4-5-6-26-17-25(13-16-30(26)34-21-29-20-33-29)24-9-7-22(8-10-24)23-11-14-27(15-12-23)31-18-28-19-32-28/h7,9,11-17,28-29H,2-6,8,10,18-21H2,1H3. The lowest BCUT2D eigenvalue weighted by Gasteiger charge is -2.18. The average Bonchev–Trinajstić information content (AvgIpc) is 3.80. The van der Waals surface area contributed by atoms with E-state index in [-0.39, 0.29) is 12.2 Å². The molecule has 2 fully saturated rings. The Labute approximate surface area is 203 Å². The first kappa shape index (κ1) is 23.2. The molecule has 0 bridgehead atoms. The molecule has 2 aromatic rings. The molecule has 5 rings (SSSR count). The van der Waals surface area contributed by atoms with Gasteiger partial charge in [0.1, 0.15) is 36.9 Å². The van der Waals surface area contributed by atoms with E-state index in [1.807, 2.05) is 0 Å². The van der Waals surface area contributed by atoms with Crippen LogP contribution in [0.1, 0.15) is 62.1 Å². The van der Waals surface area contributed by atoms with Crippen molar-refractivity contribution >= 4 is 11.1 Å². The first-order valence-corrected chi connectivity index (χ1v) is 12.9. The van der Waals surface area contributed by atoms with Crippen LogP contribution in [0.4, 0.5) is 0 Å². The summed E-state index contributed by atoms with van der Waals surface area (Å²) in [6.07, 6.45) is 13.4. The number of allylic oxidation sites excluding steroid dienone is 4. The van der Waals surface area contributed by atoms with Gasteiger partial charge < -0.3 is 18.9 Å². The molecule has 0 radical (unpaired) electrons. The smallest absolute Gasteiger partial charge is 0.122 e. The third-order valence-electron chi connectivity index (χ3n) is 6.77. The van der Waals surface area contributed by atoms with Crippen molar-refractivity contribution in [1.82, 2.24) is 0 Å². The Morgan fingerprint density at radius 2 is 1.41 bits per heavy atom. The topological polar surface area (TPSA) is 43.5 Å². The van der Waals surface area contributed by atoms with Crippen molar-refractivity contribution in [3.05, 3.63) is 71.3 Å². The molecule has 0 saturated carbocycles. The lowest BCUT2D eigenvalue weighted by Crippen LogP contribution is -2.06. The van der Waals surface area contributed by atoms with Gasteiger partial charge in [-0.1, -0.05) is 56.5 Å². The third kappa shape index (κ3) is 6.52. The highest BCUT2D eigenvalue weighted by Gasteiger charge is 2.24. The molecule has 0 aromatic heterocycles. The van der Waals surface area contributed by atoms with E-state index in [2.05, 4.69) is 61.5 Å². The van der Waals surface area contributed by atoms with E-state index in [1.165, 1.54) is 53.5 Å². The normalized spacial score (nSPS) is 21.0. The minimum Gasteiger partial charge on any atom is -0.491 e. The predicted octanol–water partition coefficient (Wildman–Crippen LogP) is 6.63. The Bertz CT molecular complexity index is 1010. The highest BCUT2D eigenvalue weighted by molar-refractivity contribution is 5.78. The maximum Gasteiger partial charge on any atom is 0.122 e. The summed E-state index contributed by atoms with van der Waals surface area (Å²) in [5, 5.41) is 0. The number of ether oxygens (including phenoxy) is 4. The van der Waals surface area contributed by atoms with Gasteiger partial charge in [0, 0.05) is 0 Å². The van der Waals surface area contributed by atoms with E-state index < -0.39 is 0 Å². The number of aryl methyl sites for hydroxylation is 1. The summed E-state index contributed by atoms with van der Waals surface area (Å²) in [4.78, 5) is 0. The van der Waals surface area contributed by atoms with Crippen LogP contribution < -0.4 is 9.47 Å². The molecule has 2 heterocycles. The summed E-state index contributed by atoms with van der Waals surface area (Å²) in [5.74, 6) is 1.94. The second kappa shape index (κ2) is 11.2. The molecule has 34 heavy (non-hydrogen) atoms. The predicted molar refractivity (Wildman–Crippen MR) is 136 cm³/mol. The molecule has 4 nitrogen and oxygen atoms in total.